The molecule has 0 radical (unpaired) electrons. The minimum Gasteiger partial charge on any atom is -0.399 e. The summed E-state index contributed by atoms with van der Waals surface area (Å²) >= 11 is 0. The summed E-state index contributed by atoms with van der Waals surface area (Å²) < 4.78 is 38.5. The Morgan fingerprint density at radius 1 is 1.55 bits per heavy atom. The first-order valence-corrected chi connectivity index (χ1v) is 8.05. The van der Waals surface area contributed by atoms with E-state index in [1.165, 1.54) is 18.2 Å². The molecule has 1 aromatic rings. The van der Waals surface area contributed by atoms with E-state index in [-0.39, 0.29) is 17.2 Å². The van der Waals surface area contributed by atoms with Crippen molar-refractivity contribution < 1.29 is 12.8 Å². The van der Waals surface area contributed by atoms with E-state index in [0.29, 0.717) is 12.1 Å². The van der Waals surface area contributed by atoms with Crippen LogP contribution in [0.4, 0.5) is 10.1 Å². The number of sulfone groups is 1. The molecule has 7 heteroatoms. The van der Waals surface area contributed by atoms with E-state index in [9.17, 15) is 12.8 Å². The number of nitrogen functional groups attached to an aromatic ring is 1. The van der Waals surface area contributed by atoms with Crippen molar-refractivity contribution in [2.75, 3.05) is 11.5 Å². The summed E-state index contributed by atoms with van der Waals surface area (Å²) in [6.07, 6.45) is 0.323. The number of hydrogen-bond acceptors (Lipinski definition) is 4. The highest BCUT2D eigenvalue weighted by Crippen LogP contribution is 2.32. The Morgan fingerprint density at radius 3 is 2.75 bits per heavy atom. The highest BCUT2D eigenvalue weighted by molar-refractivity contribution is 7.92. The Hall–Kier alpha value is -1.63. The molecule has 0 saturated carbocycles. The van der Waals surface area contributed by atoms with Crippen LogP contribution in [0.25, 0.3) is 0 Å². The van der Waals surface area contributed by atoms with Gasteiger partial charge in [0, 0.05) is 11.3 Å². The average Bonchev–Trinajstić information content (AvgIpc) is 2.30. The predicted molar refractivity (Wildman–Crippen MR) is 76.9 cm³/mol. The van der Waals surface area contributed by atoms with Crippen molar-refractivity contribution in [2.24, 2.45) is 0 Å². The van der Waals surface area contributed by atoms with Crippen LogP contribution < -0.4 is 11.1 Å². The number of halogens is 1. The van der Waals surface area contributed by atoms with Crippen LogP contribution in [0.5, 0.6) is 0 Å². The quantitative estimate of drug-likeness (QED) is 0.719. The van der Waals surface area contributed by atoms with Crippen molar-refractivity contribution in [3.63, 3.8) is 0 Å². The van der Waals surface area contributed by atoms with Gasteiger partial charge in [0.1, 0.15) is 16.9 Å². The maximum Gasteiger partial charge on any atom is 0.162 e. The SMILES string of the molecule is CCC1C(=N)N[C@](C)(c2cc(N)ccc2F)CS1(=O)=O. The number of hydrogen-bond donors (Lipinski definition) is 3. The van der Waals surface area contributed by atoms with Crippen LogP contribution in [0, 0.1) is 11.2 Å². The van der Waals surface area contributed by atoms with Crippen LogP contribution >= 0.6 is 0 Å². The molecule has 0 aromatic heterocycles. The zero-order valence-electron chi connectivity index (χ0n) is 11.4. The Labute approximate surface area is 117 Å². The third-order valence-corrected chi connectivity index (χ3v) is 6.03. The maximum absolute atomic E-state index is 14.0. The van der Waals surface area contributed by atoms with E-state index in [4.69, 9.17) is 11.1 Å². The number of nitrogens with one attached hydrogen (secondary N) is 2. The van der Waals surface area contributed by atoms with Crippen LogP contribution in [0.1, 0.15) is 25.8 Å². The van der Waals surface area contributed by atoms with Crippen LogP contribution in [0.2, 0.25) is 0 Å². The minimum absolute atomic E-state index is 0.0944. The molecule has 1 saturated heterocycles. The Morgan fingerprint density at radius 2 is 2.20 bits per heavy atom. The summed E-state index contributed by atoms with van der Waals surface area (Å²) in [5, 5.41) is 9.88. The van der Waals surface area contributed by atoms with Gasteiger partial charge in [0.2, 0.25) is 0 Å². The molecule has 1 fully saturated rings. The van der Waals surface area contributed by atoms with Gasteiger partial charge in [-0.25, -0.2) is 12.8 Å². The van der Waals surface area contributed by atoms with E-state index in [1.807, 2.05) is 0 Å². The second kappa shape index (κ2) is 4.73. The van der Waals surface area contributed by atoms with Gasteiger partial charge in [-0.05, 0) is 31.5 Å². The number of benzene rings is 1. The van der Waals surface area contributed by atoms with Crippen molar-refractivity contribution in [1.82, 2.24) is 5.32 Å². The first-order valence-electron chi connectivity index (χ1n) is 6.33. The lowest BCUT2D eigenvalue weighted by molar-refractivity contribution is 0.432. The minimum atomic E-state index is -3.50. The van der Waals surface area contributed by atoms with E-state index in [0.717, 1.165) is 0 Å². The molecule has 0 aliphatic carbocycles. The van der Waals surface area contributed by atoms with Crippen molar-refractivity contribution in [1.29, 1.82) is 5.41 Å². The van der Waals surface area contributed by atoms with Crippen molar-refractivity contribution in [3.8, 4) is 0 Å². The van der Waals surface area contributed by atoms with Gasteiger partial charge in [0.05, 0.1) is 11.3 Å². The zero-order chi connectivity index (χ0) is 15.1. The lowest BCUT2D eigenvalue weighted by Crippen LogP contribution is -2.59. The van der Waals surface area contributed by atoms with Crippen LogP contribution in [-0.4, -0.2) is 25.3 Å². The van der Waals surface area contributed by atoms with Crippen molar-refractivity contribution in [3.05, 3.63) is 29.6 Å². The summed E-state index contributed by atoms with van der Waals surface area (Å²) in [6, 6.07) is 4.04. The number of amidine groups is 1. The highest BCUT2D eigenvalue weighted by Gasteiger charge is 2.45. The third-order valence-electron chi connectivity index (χ3n) is 3.61. The molecule has 1 aliphatic heterocycles. The zero-order valence-corrected chi connectivity index (χ0v) is 12.2. The molecule has 2 rings (SSSR count). The van der Waals surface area contributed by atoms with Gasteiger partial charge in [0.25, 0.3) is 0 Å². The van der Waals surface area contributed by atoms with Gasteiger partial charge in [0.15, 0.2) is 9.84 Å². The van der Waals surface area contributed by atoms with E-state index >= 15 is 0 Å². The molecule has 1 heterocycles. The normalized spacial score (nSPS) is 28.9. The standard InChI is InChI=1S/C13H18FN3O2S/c1-3-11-12(16)17-13(2,7-20(11,18)19)9-6-8(15)4-5-10(9)14/h4-6,11H,3,7,15H2,1-2H3,(H2,16,17)/t11?,13-/m0/s1. The number of rotatable bonds is 2. The number of nitrogens with two attached hydrogens (primary N) is 1. The molecule has 5 nitrogen and oxygen atoms in total. The van der Waals surface area contributed by atoms with Crippen LogP contribution in [0.15, 0.2) is 18.2 Å². The molecular formula is C13H18FN3O2S. The molecule has 110 valence electrons. The van der Waals surface area contributed by atoms with Crippen molar-refractivity contribution in [2.45, 2.75) is 31.1 Å². The fourth-order valence-corrected chi connectivity index (χ4v) is 4.82. The van der Waals surface area contributed by atoms with E-state index < -0.39 is 26.4 Å². The van der Waals surface area contributed by atoms with Crippen LogP contribution in [0.3, 0.4) is 0 Å². The molecule has 1 unspecified atom stereocenters. The summed E-state index contributed by atoms with van der Waals surface area (Å²) in [5.41, 5.74) is 4.99. The second-order valence-corrected chi connectivity index (χ2v) is 7.50. The summed E-state index contributed by atoms with van der Waals surface area (Å²) in [5.74, 6) is -0.892. The van der Waals surface area contributed by atoms with E-state index in [2.05, 4.69) is 5.32 Å². The van der Waals surface area contributed by atoms with Gasteiger partial charge in [-0.15, -0.1) is 0 Å². The Bertz CT molecular complexity index is 660. The summed E-state index contributed by atoms with van der Waals surface area (Å²) in [6.45, 7) is 3.28. The van der Waals surface area contributed by atoms with Crippen LogP contribution in [-0.2, 0) is 15.4 Å². The molecule has 4 N–H and O–H groups in total. The summed E-state index contributed by atoms with van der Waals surface area (Å²) in [4.78, 5) is 0. The summed E-state index contributed by atoms with van der Waals surface area (Å²) in [7, 11) is -3.50. The van der Waals surface area contributed by atoms with Gasteiger partial charge >= 0.3 is 0 Å². The molecule has 0 bridgehead atoms. The molecule has 1 aliphatic rings. The first kappa shape index (κ1) is 14.8. The lowest BCUT2D eigenvalue weighted by atomic mass is 9.92. The molecular weight excluding hydrogens is 281 g/mol. The Balaban J connectivity index is 2.52. The van der Waals surface area contributed by atoms with E-state index in [1.54, 1.807) is 13.8 Å². The van der Waals surface area contributed by atoms with Gasteiger partial charge in [-0.3, -0.25) is 5.41 Å². The molecule has 0 spiro atoms. The fourth-order valence-electron chi connectivity index (χ4n) is 2.67. The molecule has 20 heavy (non-hydrogen) atoms. The smallest absolute Gasteiger partial charge is 0.162 e. The monoisotopic (exact) mass is 299 g/mol. The maximum atomic E-state index is 14.0. The fraction of sp³-hybridized carbons (Fsp3) is 0.462. The largest absolute Gasteiger partial charge is 0.399 e. The first-order chi connectivity index (χ1) is 9.19. The molecule has 2 atom stereocenters. The second-order valence-electron chi connectivity index (χ2n) is 5.31. The highest BCUT2D eigenvalue weighted by atomic mass is 32.2. The average molecular weight is 299 g/mol. The third kappa shape index (κ3) is 2.37. The van der Waals surface area contributed by atoms with Gasteiger partial charge in [-0.1, -0.05) is 6.92 Å². The van der Waals surface area contributed by atoms with Gasteiger partial charge < -0.3 is 11.1 Å². The number of anilines is 1. The lowest BCUT2D eigenvalue weighted by Gasteiger charge is -2.39. The molecule has 0 amide bonds. The Kier molecular flexibility index (Phi) is 3.49. The topological polar surface area (TPSA) is 96.0 Å². The van der Waals surface area contributed by atoms with Gasteiger partial charge in [-0.2, -0.15) is 0 Å². The predicted octanol–water partition coefficient (Wildman–Crippen LogP) is 1.40. The van der Waals surface area contributed by atoms with Crippen molar-refractivity contribution >= 4 is 21.4 Å². The molecule has 1 aromatic carbocycles.